The molecular formula is C18H24N5O4+. The fourth-order valence-corrected chi connectivity index (χ4v) is 3.33. The van der Waals surface area contributed by atoms with E-state index in [0.717, 1.165) is 10.5 Å². The van der Waals surface area contributed by atoms with Crippen molar-refractivity contribution < 1.29 is 24.4 Å². The van der Waals surface area contributed by atoms with Crippen LogP contribution in [-0.4, -0.2) is 99.7 Å². The van der Waals surface area contributed by atoms with E-state index in [9.17, 15) is 19.8 Å². The first-order valence-corrected chi connectivity index (χ1v) is 8.77. The first-order chi connectivity index (χ1) is 13.0. The van der Waals surface area contributed by atoms with Crippen molar-refractivity contribution in [3.63, 3.8) is 0 Å². The first kappa shape index (κ1) is 19.0. The summed E-state index contributed by atoms with van der Waals surface area (Å²) in [5, 5.41) is 18.8. The van der Waals surface area contributed by atoms with Gasteiger partial charge in [-0.2, -0.15) is 0 Å². The second kappa shape index (κ2) is 7.85. The number of carbonyl (C=O) groups is 2. The zero-order chi connectivity index (χ0) is 19.6. The molecule has 3 amide bonds. The van der Waals surface area contributed by atoms with Gasteiger partial charge in [0.05, 0.1) is 32.8 Å². The number of carbonyl (C=O) groups excluding carboxylic acids is 2. The van der Waals surface area contributed by atoms with Crippen LogP contribution >= 0.6 is 0 Å². The van der Waals surface area contributed by atoms with Gasteiger partial charge in [0.1, 0.15) is 0 Å². The Balaban J connectivity index is 2.09. The summed E-state index contributed by atoms with van der Waals surface area (Å²) in [4.78, 5) is 34.0. The number of imide groups is 1. The Morgan fingerprint density at radius 1 is 1.04 bits per heavy atom. The molecule has 1 aromatic rings. The van der Waals surface area contributed by atoms with Crippen LogP contribution in [0.2, 0.25) is 0 Å². The summed E-state index contributed by atoms with van der Waals surface area (Å²) >= 11 is 0. The molecule has 1 aromatic carbocycles. The van der Waals surface area contributed by atoms with E-state index in [1.807, 2.05) is 35.2 Å². The minimum atomic E-state index is -0.729. The molecule has 9 nitrogen and oxygen atoms in total. The van der Waals surface area contributed by atoms with Crippen LogP contribution in [0.4, 0.5) is 4.79 Å². The number of benzene rings is 1. The minimum absolute atomic E-state index is 0.124. The number of urea groups is 1. The van der Waals surface area contributed by atoms with Crippen LogP contribution in [0.15, 0.2) is 35.3 Å². The average Bonchev–Trinajstić information content (AvgIpc) is 3.04. The van der Waals surface area contributed by atoms with Gasteiger partial charge in [0.15, 0.2) is 0 Å². The van der Waals surface area contributed by atoms with E-state index >= 15 is 0 Å². The van der Waals surface area contributed by atoms with Crippen molar-refractivity contribution >= 4 is 23.7 Å². The molecule has 0 spiro atoms. The monoisotopic (exact) mass is 374 g/mol. The molecule has 0 radical (unpaired) electrons. The number of hydrogen-bond donors (Lipinski definition) is 2. The number of rotatable bonds is 6. The predicted molar refractivity (Wildman–Crippen MR) is 98.3 cm³/mol. The van der Waals surface area contributed by atoms with E-state index in [0.29, 0.717) is 18.3 Å². The maximum atomic E-state index is 12.9. The van der Waals surface area contributed by atoms with Crippen molar-refractivity contribution in [1.29, 1.82) is 0 Å². The number of hydrogen-bond acceptors (Lipinski definition) is 4. The van der Waals surface area contributed by atoms with E-state index in [2.05, 4.69) is 4.99 Å². The van der Waals surface area contributed by atoms with Gasteiger partial charge < -0.3 is 10.2 Å². The molecule has 1 atom stereocenters. The fraction of sp³-hybridized carbons (Fsp3) is 0.444. The van der Waals surface area contributed by atoms with Crippen LogP contribution in [-0.2, 0) is 11.3 Å². The van der Waals surface area contributed by atoms with E-state index in [-0.39, 0.29) is 32.2 Å². The zero-order valence-electron chi connectivity index (χ0n) is 15.4. The highest BCUT2D eigenvalue weighted by Gasteiger charge is 2.55. The van der Waals surface area contributed by atoms with Crippen LogP contribution in [0.5, 0.6) is 0 Å². The third-order valence-electron chi connectivity index (χ3n) is 4.73. The molecule has 2 aliphatic heterocycles. The predicted octanol–water partition coefficient (Wildman–Crippen LogP) is -0.854. The van der Waals surface area contributed by atoms with Crippen molar-refractivity contribution in [2.45, 2.75) is 12.6 Å². The third kappa shape index (κ3) is 3.43. The number of amides is 3. The Morgan fingerprint density at radius 2 is 1.67 bits per heavy atom. The highest BCUT2D eigenvalue weighted by molar-refractivity contribution is 6.25. The van der Waals surface area contributed by atoms with Gasteiger partial charge in [0, 0.05) is 14.1 Å². The maximum absolute atomic E-state index is 12.9. The average molecular weight is 374 g/mol. The van der Waals surface area contributed by atoms with Crippen molar-refractivity contribution in [2.24, 2.45) is 4.99 Å². The highest BCUT2D eigenvalue weighted by Crippen LogP contribution is 2.24. The van der Waals surface area contributed by atoms with Crippen LogP contribution in [0, 0.1) is 0 Å². The SMILES string of the molecule is CN1C(=O)C2C(=NC(=[N+](CCO)CCO)N2Cc2ccccc2)N(C)C1=O. The number of aliphatic hydroxyl groups is 2. The van der Waals surface area contributed by atoms with Gasteiger partial charge in [-0.1, -0.05) is 35.3 Å². The number of nitrogens with zero attached hydrogens (tertiary/aromatic N) is 5. The van der Waals surface area contributed by atoms with E-state index in [4.69, 9.17) is 0 Å². The molecule has 9 heteroatoms. The molecule has 1 fully saturated rings. The lowest BCUT2D eigenvalue weighted by atomic mass is 10.1. The Morgan fingerprint density at radius 3 is 2.26 bits per heavy atom. The minimum Gasteiger partial charge on any atom is -0.393 e. The molecular weight excluding hydrogens is 350 g/mol. The fourth-order valence-electron chi connectivity index (χ4n) is 3.33. The third-order valence-corrected chi connectivity index (χ3v) is 4.73. The molecule has 1 unspecified atom stereocenters. The van der Waals surface area contributed by atoms with Gasteiger partial charge in [0.25, 0.3) is 5.91 Å². The summed E-state index contributed by atoms with van der Waals surface area (Å²) in [5.41, 5.74) is 0.981. The molecule has 2 aliphatic rings. The Kier molecular flexibility index (Phi) is 5.52. The van der Waals surface area contributed by atoms with Gasteiger partial charge in [-0.05, 0) is 5.56 Å². The van der Waals surface area contributed by atoms with Crippen molar-refractivity contribution in [2.75, 3.05) is 40.4 Å². The lowest BCUT2D eigenvalue weighted by Gasteiger charge is -2.33. The van der Waals surface area contributed by atoms with E-state index in [1.165, 1.54) is 11.9 Å². The topological polar surface area (TPSA) is 99.7 Å². The Labute approximate surface area is 157 Å². The van der Waals surface area contributed by atoms with Gasteiger partial charge >= 0.3 is 12.0 Å². The summed E-state index contributed by atoms with van der Waals surface area (Å²) in [6.45, 7) is 0.670. The summed E-state index contributed by atoms with van der Waals surface area (Å²) in [6.07, 6.45) is 0. The standard InChI is InChI=1S/C18H24N5O4/c1-20-15-14(16(26)21(2)18(20)27)23(12-13-6-4-3-5-7-13)17(19-15)22(8-10-24)9-11-25/h3-7,14,24-25H,8-12H2,1-2H3/q+1. The largest absolute Gasteiger partial charge is 0.393 e. The molecule has 2 heterocycles. The number of aliphatic hydroxyl groups excluding tert-OH is 2. The number of fused-ring (bicyclic) bond motifs is 1. The quantitative estimate of drug-likeness (QED) is 0.632. The molecule has 0 saturated carbocycles. The van der Waals surface area contributed by atoms with Crippen LogP contribution in [0.3, 0.4) is 0 Å². The second-order valence-electron chi connectivity index (χ2n) is 6.46. The second-order valence-corrected chi connectivity index (χ2v) is 6.46. The smallest absolute Gasteiger partial charge is 0.392 e. The van der Waals surface area contributed by atoms with Gasteiger partial charge in [0.2, 0.25) is 11.9 Å². The first-order valence-electron chi connectivity index (χ1n) is 8.77. The summed E-state index contributed by atoms with van der Waals surface area (Å²) < 4.78 is 1.72. The van der Waals surface area contributed by atoms with Crippen molar-refractivity contribution in [3.8, 4) is 0 Å². The molecule has 3 rings (SSSR count). The lowest BCUT2D eigenvalue weighted by Crippen LogP contribution is -2.62. The molecule has 1 saturated heterocycles. The van der Waals surface area contributed by atoms with E-state index < -0.39 is 12.1 Å². The summed E-state index contributed by atoms with van der Waals surface area (Å²) in [7, 11) is 3.04. The van der Waals surface area contributed by atoms with Crippen molar-refractivity contribution in [3.05, 3.63) is 35.9 Å². The van der Waals surface area contributed by atoms with Gasteiger partial charge in [-0.25, -0.2) is 9.69 Å². The maximum Gasteiger partial charge on any atom is 0.392 e. The normalized spacial score (nSPS) is 19.6. The van der Waals surface area contributed by atoms with Crippen LogP contribution < -0.4 is 0 Å². The number of likely N-dealkylation sites (N-methyl/N-ethyl adjacent to an activating group) is 2. The van der Waals surface area contributed by atoms with E-state index in [1.54, 1.807) is 11.6 Å². The molecule has 144 valence electrons. The number of amidine groups is 1. The lowest BCUT2D eigenvalue weighted by molar-refractivity contribution is -0.537. The summed E-state index contributed by atoms with van der Waals surface area (Å²) in [6, 6.07) is 8.47. The van der Waals surface area contributed by atoms with Crippen LogP contribution in [0.1, 0.15) is 5.56 Å². The molecule has 27 heavy (non-hydrogen) atoms. The molecule has 2 N–H and O–H groups in total. The number of aliphatic imine (C=N–C) groups is 1. The molecule has 0 aromatic heterocycles. The van der Waals surface area contributed by atoms with Gasteiger partial charge in [-0.15, -0.1) is 0 Å². The highest BCUT2D eigenvalue weighted by atomic mass is 16.3. The van der Waals surface area contributed by atoms with Crippen molar-refractivity contribution in [1.82, 2.24) is 14.7 Å². The Bertz CT molecular complexity index is 784. The zero-order valence-corrected chi connectivity index (χ0v) is 15.4. The number of guanidine groups is 1. The van der Waals surface area contributed by atoms with Crippen LogP contribution in [0.25, 0.3) is 0 Å². The Hall–Kier alpha value is -2.78. The molecule has 0 bridgehead atoms. The molecule has 0 aliphatic carbocycles. The summed E-state index contributed by atoms with van der Waals surface area (Å²) in [5.74, 6) is 0.468. The van der Waals surface area contributed by atoms with Gasteiger partial charge in [-0.3, -0.25) is 19.2 Å².